The average Bonchev–Trinajstić information content (AvgIpc) is 2.62. The number of hydrogen-bond donors (Lipinski definition) is 1. The Morgan fingerprint density at radius 3 is 2.75 bits per heavy atom. The molecule has 1 aromatic carbocycles. The van der Waals surface area contributed by atoms with E-state index in [0.29, 0.717) is 38.1 Å². The molecule has 28 heavy (non-hydrogen) atoms. The summed E-state index contributed by atoms with van der Waals surface area (Å²) in [6.07, 6.45) is 0.631. The summed E-state index contributed by atoms with van der Waals surface area (Å²) < 4.78 is 34.3. The quantitative estimate of drug-likeness (QED) is 0.800. The number of carboxylic acids is 1. The number of carbonyl (C=O) groups excluding carboxylic acids is 1. The Hall–Kier alpha value is -2.06. The molecule has 0 radical (unpaired) electrons. The number of carbonyl (C=O) groups is 2. The highest BCUT2D eigenvalue weighted by Gasteiger charge is 2.55. The summed E-state index contributed by atoms with van der Waals surface area (Å²) in [5.74, 6) is -4.34. The lowest BCUT2D eigenvalue weighted by Crippen LogP contribution is -2.61. The summed E-state index contributed by atoms with van der Waals surface area (Å²) in [7, 11) is 1.54. The standard InChI is InChI=1S/C20H26F2N2O4/c1-28-10-9-24-8-4-7-19(18(24)27)12-20(21,22)14-23(13-19)11-15-5-2-3-6-16(15)17(25)26/h2-3,5-6H,4,7-14H2,1H3,(H,25,26)/t19-/m0/s1. The summed E-state index contributed by atoms with van der Waals surface area (Å²) in [5.41, 5.74) is -0.559. The Bertz CT molecular complexity index is 743. The Labute approximate surface area is 163 Å². The number of carboxylic acid groups (broad SMARTS) is 1. The van der Waals surface area contributed by atoms with E-state index >= 15 is 0 Å². The molecule has 1 spiro atoms. The van der Waals surface area contributed by atoms with Crippen molar-refractivity contribution in [3.05, 3.63) is 35.4 Å². The molecule has 1 amide bonds. The van der Waals surface area contributed by atoms with Crippen molar-refractivity contribution in [3.8, 4) is 0 Å². The van der Waals surface area contributed by atoms with Gasteiger partial charge in [0.05, 0.1) is 24.1 Å². The number of aromatic carboxylic acids is 1. The number of halogens is 2. The fraction of sp³-hybridized carbons (Fsp3) is 0.600. The number of ether oxygens (including phenoxy) is 1. The predicted octanol–water partition coefficient (Wildman–Crippen LogP) is 2.48. The lowest BCUT2D eigenvalue weighted by molar-refractivity contribution is -0.170. The van der Waals surface area contributed by atoms with Gasteiger partial charge in [0, 0.05) is 39.7 Å². The molecule has 2 fully saturated rings. The maximum Gasteiger partial charge on any atom is 0.336 e. The van der Waals surface area contributed by atoms with Crippen LogP contribution in [0.3, 0.4) is 0 Å². The SMILES string of the molecule is COCCN1CCC[C@]2(CN(Cc3ccccc3C(=O)O)CC(F)(F)C2)C1=O. The van der Waals surface area contributed by atoms with Gasteiger partial charge < -0.3 is 14.7 Å². The molecule has 0 bridgehead atoms. The highest BCUT2D eigenvalue weighted by atomic mass is 19.3. The van der Waals surface area contributed by atoms with E-state index in [1.54, 1.807) is 30.2 Å². The van der Waals surface area contributed by atoms with Crippen molar-refractivity contribution in [2.24, 2.45) is 5.41 Å². The van der Waals surface area contributed by atoms with Gasteiger partial charge in [-0.25, -0.2) is 13.6 Å². The van der Waals surface area contributed by atoms with E-state index < -0.39 is 30.3 Å². The van der Waals surface area contributed by atoms with Crippen LogP contribution in [0.1, 0.15) is 35.2 Å². The van der Waals surface area contributed by atoms with Gasteiger partial charge in [-0.1, -0.05) is 18.2 Å². The molecule has 2 aliphatic heterocycles. The van der Waals surface area contributed by atoms with Crippen LogP contribution in [0, 0.1) is 5.41 Å². The summed E-state index contributed by atoms with van der Waals surface area (Å²) >= 11 is 0. The molecular weight excluding hydrogens is 370 g/mol. The number of alkyl halides is 2. The first kappa shape index (κ1) is 20.7. The Morgan fingerprint density at radius 1 is 1.29 bits per heavy atom. The summed E-state index contributed by atoms with van der Waals surface area (Å²) in [6, 6.07) is 6.40. The third kappa shape index (κ3) is 4.33. The van der Waals surface area contributed by atoms with Crippen LogP contribution in [0.15, 0.2) is 24.3 Å². The zero-order chi connectivity index (χ0) is 20.4. The van der Waals surface area contributed by atoms with Gasteiger partial charge in [0.2, 0.25) is 5.91 Å². The van der Waals surface area contributed by atoms with Crippen molar-refractivity contribution in [1.82, 2.24) is 9.80 Å². The first-order valence-corrected chi connectivity index (χ1v) is 9.46. The van der Waals surface area contributed by atoms with Crippen LogP contribution < -0.4 is 0 Å². The van der Waals surface area contributed by atoms with Crippen molar-refractivity contribution < 1.29 is 28.2 Å². The predicted molar refractivity (Wildman–Crippen MR) is 98.4 cm³/mol. The normalized spacial score (nSPS) is 25.2. The van der Waals surface area contributed by atoms with E-state index in [-0.39, 0.29) is 24.6 Å². The largest absolute Gasteiger partial charge is 0.478 e. The lowest BCUT2D eigenvalue weighted by Gasteiger charge is -2.49. The maximum absolute atomic E-state index is 14.6. The van der Waals surface area contributed by atoms with Crippen LogP contribution >= 0.6 is 0 Å². The molecule has 0 aliphatic carbocycles. The summed E-state index contributed by atoms with van der Waals surface area (Å²) in [6.45, 7) is 1.12. The second-order valence-electron chi connectivity index (χ2n) is 7.81. The molecule has 0 aromatic heterocycles. The third-order valence-corrected chi connectivity index (χ3v) is 5.61. The number of methoxy groups -OCH3 is 1. The zero-order valence-electron chi connectivity index (χ0n) is 16.0. The lowest BCUT2D eigenvalue weighted by atomic mass is 9.71. The van der Waals surface area contributed by atoms with Crippen molar-refractivity contribution in [2.75, 3.05) is 39.9 Å². The van der Waals surface area contributed by atoms with E-state index in [1.165, 1.54) is 11.0 Å². The van der Waals surface area contributed by atoms with Gasteiger partial charge in [0.1, 0.15) is 0 Å². The molecule has 0 unspecified atom stereocenters. The van der Waals surface area contributed by atoms with Crippen LogP contribution in [0.4, 0.5) is 8.78 Å². The van der Waals surface area contributed by atoms with Gasteiger partial charge in [-0.3, -0.25) is 9.69 Å². The van der Waals surface area contributed by atoms with Crippen LogP contribution in [0.5, 0.6) is 0 Å². The first-order valence-electron chi connectivity index (χ1n) is 9.46. The van der Waals surface area contributed by atoms with E-state index in [0.717, 1.165) is 0 Å². The van der Waals surface area contributed by atoms with Crippen molar-refractivity contribution in [3.63, 3.8) is 0 Å². The van der Waals surface area contributed by atoms with Crippen molar-refractivity contribution in [2.45, 2.75) is 31.7 Å². The Morgan fingerprint density at radius 2 is 2.04 bits per heavy atom. The Balaban J connectivity index is 1.83. The van der Waals surface area contributed by atoms with Crippen LogP contribution in [0.2, 0.25) is 0 Å². The zero-order valence-corrected chi connectivity index (χ0v) is 16.0. The number of likely N-dealkylation sites (tertiary alicyclic amines) is 2. The maximum atomic E-state index is 14.6. The number of hydrogen-bond acceptors (Lipinski definition) is 4. The number of rotatable bonds is 6. The van der Waals surface area contributed by atoms with E-state index in [1.807, 2.05) is 0 Å². The van der Waals surface area contributed by atoms with Crippen LogP contribution in [-0.4, -0.2) is 72.6 Å². The van der Waals surface area contributed by atoms with Gasteiger partial charge in [-0.05, 0) is 24.5 Å². The van der Waals surface area contributed by atoms with Gasteiger partial charge in [0.15, 0.2) is 0 Å². The molecule has 2 aliphatic rings. The van der Waals surface area contributed by atoms with E-state index in [9.17, 15) is 23.5 Å². The average molecular weight is 396 g/mol. The molecule has 1 atom stereocenters. The highest BCUT2D eigenvalue weighted by Crippen LogP contribution is 2.45. The van der Waals surface area contributed by atoms with Gasteiger partial charge in [0.25, 0.3) is 5.92 Å². The second-order valence-corrected chi connectivity index (χ2v) is 7.81. The molecule has 2 saturated heterocycles. The van der Waals surface area contributed by atoms with Gasteiger partial charge >= 0.3 is 5.97 Å². The second kappa shape index (κ2) is 8.13. The minimum atomic E-state index is -3.00. The molecule has 2 heterocycles. The molecule has 6 nitrogen and oxygen atoms in total. The highest BCUT2D eigenvalue weighted by molar-refractivity contribution is 5.89. The number of amides is 1. The van der Waals surface area contributed by atoms with Gasteiger partial charge in [-0.15, -0.1) is 0 Å². The number of nitrogens with zero attached hydrogens (tertiary/aromatic N) is 2. The molecular formula is C20H26F2N2O4. The molecule has 1 aromatic rings. The molecule has 3 rings (SSSR count). The Kier molecular flexibility index (Phi) is 6.00. The van der Waals surface area contributed by atoms with E-state index in [4.69, 9.17) is 4.74 Å². The summed E-state index contributed by atoms with van der Waals surface area (Å²) in [4.78, 5) is 27.7. The van der Waals surface area contributed by atoms with Gasteiger partial charge in [-0.2, -0.15) is 0 Å². The smallest absolute Gasteiger partial charge is 0.336 e. The molecule has 1 N–H and O–H groups in total. The fourth-order valence-electron chi connectivity index (χ4n) is 4.52. The molecule has 154 valence electrons. The minimum Gasteiger partial charge on any atom is -0.478 e. The fourth-order valence-corrected chi connectivity index (χ4v) is 4.52. The van der Waals surface area contributed by atoms with Crippen molar-refractivity contribution in [1.29, 1.82) is 0 Å². The third-order valence-electron chi connectivity index (χ3n) is 5.61. The molecule has 0 saturated carbocycles. The number of piperidine rings is 2. The summed E-state index contributed by atoms with van der Waals surface area (Å²) in [5, 5.41) is 9.36. The van der Waals surface area contributed by atoms with Crippen molar-refractivity contribution >= 4 is 11.9 Å². The van der Waals surface area contributed by atoms with Crippen LogP contribution in [-0.2, 0) is 16.1 Å². The molecule has 8 heteroatoms. The first-order chi connectivity index (χ1) is 13.3. The van der Waals surface area contributed by atoms with E-state index in [2.05, 4.69) is 0 Å². The minimum absolute atomic E-state index is 0.0746. The number of benzene rings is 1. The van der Waals surface area contributed by atoms with Crippen LogP contribution in [0.25, 0.3) is 0 Å². The topological polar surface area (TPSA) is 70.1 Å². The monoisotopic (exact) mass is 396 g/mol.